The lowest BCUT2D eigenvalue weighted by Gasteiger charge is -2.20. The molecule has 0 bridgehead atoms. The van der Waals surface area contributed by atoms with Crippen molar-refractivity contribution in [1.29, 1.82) is 0 Å². The highest BCUT2D eigenvalue weighted by Crippen LogP contribution is 2.07. The number of hydrogen-bond acceptors (Lipinski definition) is 3. The second kappa shape index (κ2) is 5.75. The van der Waals surface area contributed by atoms with E-state index in [1.165, 1.54) is 0 Å². The summed E-state index contributed by atoms with van der Waals surface area (Å²) in [6.07, 6.45) is 2.66. The predicted molar refractivity (Wildman–Crippen MR) is 55.3 cm³/mol. The summed E-state index contributed by atoms with van der Waals surface area (Å²) in [6, 6.07) is 3.86. The summed E-state index contributed by atoms with van der Waals surface area (Å²) in [5.74, 6) is 1.62. The first kappa shape index (κ1) is 10.3. The van der Waals surface area contributed by atoms with Gasteiger partial charge in [-0.05, 0) is 25.5 Å². The number of rotatable bonds is 5. The van der Waals surface area contributed by atoms with Crippen LogP contribution in [0.25, 0.3) is 0 Å². The number of halogens is 1. The maximum Gasteiger partial charge on any atom is 0.151 e. The number of nitrogens with zero attached hydrogens (tertiary/aromatic N) is 3. The molecule has 1 aromatic heterocycles. The monoisotopic (exact) mass is 199 g/mol. The first-order chi connectivity index (χ1) is 6.38. The zero-order valence-electron chi connectivity index (χ0n) is 7.78. The van der Waals surface area contributed by atoms with Crippen LogP contribution in [-0.2, 0) is 0 Å². The summed E-state index contributed by atoms with van der Waals surface area (Å²) < 4.78 is 0. The summed E-state index contributed by atoms with van der Waals surface area (Å²) in [4.78, 5) is 2.16. The molecule has 0 aliphatic heterocycles. The minimum absolute atomic E-state index is 0.691. The molecule has 0 saturated carbocycles. The van der Waals surface area contributed by atoms with Crippen LogP contribution >= 0.6 is 11.6 Å². The summed E-state index contributed by atoms with van der Waals surface area (Å²) in [6.45, 7) is 3.98. The maximum absolute atomic E-state index is 5.63. The molecule has 0 aromatic carbocycles. The molecule has 1 heterocycles. The number of alkyl halides is 1. The fourth-order valence-corrected chi connectivity index (χ4v) is 1.27. The SMILES string of the molecule is CCN(CCCCl)c1cccnn1. The van der Waals surface area contributed by atoms with Crippen LogP contribution in [0.15, 0.2) is 18.3 Å². The molecule has 0 fully saturated rings. The standard InChI is InChI=1S/C9H14ClN3/c1-2-13(8-4-6-10)9-5-3-7-11-12-9/h3,5,7H,2,4,6,8H2,1H3. The van der Waals surface area contributed by atoms with Gasteiger partial charge in [-0.2, -0.15) is 5.10 Å². The smallest absolute Gasteiger partial charge is 0.151 e. The molecule has 0 N–H and O–H groups in total. The van der Waals surface area contributed by atoms with Gasteiger partial charge in [0.25, 0.3) is 0 Å². The highest BCUT2D eigenvalue weighted by molar-refractivity contribution is 6.17. The third-order valence-electron chi connectivity index (χ3n) is 1.83. The van der Waals surface area contributed by atoms with Crippen LogP contribution in [0.4, 0.5) is 5.82 Å². The summed E-state index contributed by atoms with van der Waals surface area (Å²) in [5, 5.41) is 7.87. The van der Waals surface area contributed by atoms with Gasteiger partial charge in [-0.1, -0.05) is 0 Å². The number of anilines is 1. The molecule has 0 unspecified atom stereocenters. The minimum Gasteiger partial charge on any atom is -0.355 e. The molecule has 0 saturated heterocycles. The van der Waals surface area contributed by atoms with Crippen LogP contribution in [0.1, 0.15) is 13.3 Å². The maximum atomic E-state index is 5.63. The van der Waals surface area contributed by atoms with Gasteiger partial charge in [-0.25, -0.2) is 0 Å². The molecule has 0 amide bonds. The van der Waals surface area contributed by atoms with Crippen LogP contribution in [0.5, 0.6) is 0 Å². The fraction of sp³-hybridized carbons (Fsp3) is 0.556. The Labute approximate surface area is 83.7 Å². The number of aromatic nitrogens is 2. The van der Waals surface area contributed by atoms with Gasteiger partial charge in [0.2, 0.25) is 0 Å². The second-order valence-electron chi connectivity index (χ2n) is 2.70. The van der Waals surface area contributed by atoms with Gasteiger partial charge in [0, 0.05) is 25.2 Å². The van der Waals surface area contributed by atoms with Crippen molar-refractivity contribution in [3.63, 3.8) is 0 Å². The average Bonchev–Trinajstić information content (AvgIpc) is 2.21. The molecular weight excluding hydrogens is 186 g/mol. The third-order valence-corrected chi connectivity index (χ3v) is 2.09. The summed E-state index contributed by atoms with van der Waals surface area (Å²) in [7, 11) is 0. The first-order valence-corrected chi connectivity index (χ1v) is 5.00. The summed E-state index contributed by atoms with van der Waals surface area (Å²) >= 11 is 5.63. The van der Waals surface area contributed by atoms with Gasteiger partial charge in [0.15, 0.2) is 5.82 Å². The van der Waals surface area contributed by atoms with Gasteiger partial charge >= 0.3 is 0 Å². The molecule has 0 aliphatic rings. The Hall–Kier alpha value is -0.830. The molecule has 13 heavy (non-hydrogen) atoms. The average molecular weight is 200 g/mol. The van der Waals surface area contributed by atoms with Crippen molar-refractivity contribution in [1.82, 2.24) is 10.2 Å². The molecule has 0 aliphatic carbocycles. The van der Waals surface area contributed by atoms with Crippen molar-refractivity contribution in [2.75, 3.05) is 23.9 Å². The fourth-order valence-electron chi connectivity index (χ4n) is 1.15. The molecule has 0 atom stereocenters. The predicted octanol–water partition coefficient (Wildman–Crippen LogP) is 1.93. The van der Waals surface area contributed by atoms with E-state index in [0.717, 1.165) is 25.3 Å². The third kappa shape index (κ3) is 3.19. The Kier molecular flexibility index (Phi) is 4.54. The molecular formula is C9H14ClN3. The molecule has 3 nitrogen and oxygen atoms in total. The van der Waals surface area contributed by atoms with Gasteiger partial charge in [0.05, 0.1) is 0 Å². The Morgan fingerprint density at radius 1 is 1.54 bits per heavy atom. The Bertz CT molecular complexity index is 228. The highest BCUT2D eigenvalue weighted by Gasteiger charge is 2.03. The largest absolute Gasteiger partial charge is 0.355 e. The quantitative estimate of drug-likeness (QED) is 0.679. The van der Waals surface area contributed by atoms with Crippen LogP contribution in [-0.4, -0.2) is 29.2 Å². The Morgan fingerprint density at radius 3 is 2.92 bits per heavy atom. The minimum atomic E-state index is 0.691. The number of hydrogen-bond donors (Lipinski definition) is 0. The molecule has 4 heteroatoms. The van der Waals surface area contributed by atoms with Crippen molar-refractivity contribution in [3.8, 4) is 0 Å². The van der Waals surface area contributed by atoms with Crippen LogP contribution < -0.4 is 4.90 Å². The van der Waals surface area contributed by atoms with E-state index in [-0.39, 0.29) is 0 Å². The highest BCUT2D eigenvalue weighted by atomic mass is 35.5. The molecule has 0 radical (unpaired) electrons. The van der Waals surface area contributed by atoms with E-state index >= 15 is 0 Å². The lowest BCUT2D eigenvalue weighted by Crippen LogP contribution is -2.25. The van der Waals surface area contributed by atoms with E-state index in [9.17, 15) is 0 Å². The van der Waals surface area contributed by atoms with Crippen molar-refractivity contribution in [2.45, 2.75) is 13.3 Å². The van der Waals surface area contributed by atoms with Crippen LogP contribution in [0.2, 0.25) is 0 Å². The van der Waals surface area contributed by atoms with Crippen LogP contribution in [0, 0.1) is 0 Å². The van der Waals surface area contributed by atoms with E-state index in [1.54, 1.807) is 6.20 Å². The van der Waals surface area contributed by atoms with Crippen molar-refractivity contribution < 1.29 is 0 Å². The zero-order chi connectivity index (χ0) is 9.52. The molecule has 1 aromatic rings. The summed E-state index contributed by atoms with van der Waals surface area (Å²) in [5.41, 5.74) is 0. The van der Waals surface area contributed by atoms with Gasteiger partial charge in [-0.3, -0.25) is 0 Å². The van der Waals surface area contributed by atoms with E-state index in [0.29, 0.717) is 5.88 Å². The topological polar surface area (TPSA) is 29.0 Å². The van der Waals surface area contributed by atoms with E-state index in [4.69, 9.17) is 11.6 Å². The van der Waals surface area contributed by atoms with Crippen molar-refractivity contribution in [3.05, 3.63) is 18.3 Å². The van der Waals surface area contributed by atoms with E-state index in [1.807, 2.05) is 12.1 Å². The van der Waals surface area contributed by atoms with Gasteiger partial charge in [0.1, 0.15) is 0 Å². The lowest BCUT2D eigenvalue weighted by molar-refractivity contribution is 0.769. The van der Waals surface area contributed by atoms with E-state index < -0.39 is 0 Å². The lowest BCUT2D eigenvalue weighted by atomic mass is 10.4. The van der Waals surface area contributed by atoms with Gasteiger partial charge in [-0.15, -0.1) is 16.7 Å². The Morgan fingerprint density at radius 2 is 2.38 bits per heavy atom. The molecule has 72 valence electrons. The molecule has 0 spiro atoms. The van der Waals surface area contributed by atoms with Crippen molar-refractivity contribution >= 4 is 17.4 Å². The normalized spacial score (nSPS) is 10.0. The van der Waals surface area contributed by atoms with Crippen LogP contribution in [0.3, 0.4) is 0 Å². The first-order valence-electron chi connectivity index (χ1n) is 4.47. The van der Waals surface area contributed by atoms with Crippen molar-refractivity contribution in [2.24, 2.45) is 0 Å². The van der Waals surface area contributed by atoms with E-state index in [2.05, 4.69) is 22.0 Å². The Balaban J connectivity index is 2.56. The second-order valence-corrected chi connectivity index (χ2v) is 3.08. The van der Waals surface area contributed by atoms with Gasteiger partial charge < -0.3 is 4.90 Å². The zero-order valence-corrected chi connectivity index (χ0v) is 8.54. The molecule has 1 rings (SSSR count).